The molecule has 0 bridgehead atoms. The van der Waals surface area contributed by atoms with Crippen molar-refractivity contribution in [1.82, 2.24) is 29.9 Å². The van der Waals surface area contributed by atoms with Gasteiger partial charge in [0.1, 0.15) is 23.8 Å². The molecule has 0 spiro atoms. The number of hydrogen-bond acceptors (Lipinski definition) is 7. The summed E-state index contributed by atoms with van der Waals surface area (Å²) in [5, 5.41) is 15.5. The number of fused-ring (bicyclic) bond motifs is 4. The normalized spacial score (nSPS) is 12.3. The zero-order chi connectivity index (χ0) is 26.8. The van der Waals surface area contributed by atoms with Crippen LogP contribution in [0.1, 0.15) is 31.2 Å². The molecule has 4 aromatic heterocycles. The van der Waals surface area contributed by atoms with Gasteiger partial charge in [-0.25, -0.2) is 0 Å². The fourth-order valence-electron chi connectivity index (χ4n) is 4.99. The lowest BCUT2D eigenvalue weighted by Gasteiger charge is -2.17. The Balaban J connectivity index is 1.03. The molecule has 6 rings (SSSR count). The number of H-pyrrole nitrogens is 1. The average Bonchev–Trinajstić information content (AvgIpc) is 3.56. The summed E-state index contributed by atoms with van der Waals surface area (Å²) in [5.41, 5.74) is 5.84. The average molecular weight is 522 g/mol. The Morgan fingerprint density at radius 3 is 2.85 bits per heavy atom. The Morgan fingerprint density at radius 1 is 1.03 bits per heavy atom. The number of ether oxygens (including phenoxy) is 2. The van der Waals surface area contributed by atoms with Crippen molar-refractivity contribution in [1.29, 1.82) is 0 Å². The van der Waals surface area contributed by atoms with Gasteiger partial charge in [-0.3, -0.25) is 14.6 Å². The van der Waals surface area contributed by atoms with Crippen molar-refractivity contribution < 1.29 is 9.47 Å². The molecule has 0 aliphatic carbocycles. The molecule has 2 N–H and O–H groups in total. The van der Waals surface area contributed by atoms with Gasteiger partial charge < -0.3 is 19.8 Å². The first-order valence-corrected chi connectivity index (χ1v) is 13.2. The van der Waals surface area contributed by atoms with E-state index in [1.807, 2.05) is 72.7 Å². The van der Waals surface area contributed by atoms with Crippen molar-refractivity contribution in [2.24, 2.45) is 0 Å². The minimum Gasteiger partial charge on any atom is -0.497 e. The molecular formula is C30H31N7O2. The predicted molar refractivity (Wildman–Crippen MR) is 153 cm³/mol. The summed E-state index contributed by atoms with van der Waals surface area (Å²) in [5.74, 6) is 1.61. The second-order valence-corrected chi connectivity index (χ2v) is 9.85. The molecule has 0 aliphatic rings. The van der Waals surface area contributed by atoms with E-state index in [9.17, 15) is 0 Å². The van der Waals surface area contributed by atoms with E-state index >= 15 is 0 Å². The molecule has 9 heteroatoms. The maximum Gasteiger partial charge on any atom is 0.134 e. The van der Waals surface area contributed by atoms with Crippen molar-refractivity contribution in [2.45, 2.75) is 45.9 Å². The van der Waals surface area contributed by atoms with Crippen LogP contribution in [0, 0.1) is 6.92 Å². The first-order valence-electron chi connectivity index (χ1n) is 13.2. The van der Waals surface area contributed by atoms with Gasteiger partial charge in [-0.1, -0.05) is 11.3 Å². The number of rotatable bonds is 10. The summed E-state index contributed by atoms with van der Waals surface area (Å²) in [6, 6.07) is 16.4. The fourth-order valence-corrected chi connectivity index (χ4v) is 4.99. The Labute approximate surface area is 226 Å². The number of aromatic nitrogens is 6. The number of anilines is 1. The van der Waals surface area contributed by atoms with E-state index in [2.05, 4.69) is 43.6 Å². The third-order valence-corrected chi connectivity index (χ3v) is 6.99. The third kappa shape index (κ3) is 5.20. The summed E-state index contributed by atoms with van der Waals surface area (Å²) in [6.45, 7) is 5.33. The number of hydrogen-bond donors (Lipinski definition) is 2. The van der Waals surface area contributed by atoms with Crippen LogP contribution in [0.4, 0.5) is 5.69 Å². The van der Waals surface area contributed by atoms with E-state index in [-0.39, 0.29) is 6.04 Å². The van der Waals surface area contributed by atoms with Gasteiger partial charge in [0.25, 0.3) is 0 Å². The predicted octanol–water partition coefficient (Wildman–Crippen LogP) is 6.03. The smallest absolute Gasteiger partial charge is 0.134 e. The monoisotopic (exact) mass is 521 g/mol. The summed E-state index contributed by atoms with van der Waals surface area (Å²) < 4.78 is 13.4. The van der Waals surface area contributed by atoms with E-state index in [1.165, 1.54) is 0 Å². The van der Waals surface area contributed by atoms with Crippen LogP contribution in [-0.2, 0) is 13.2 Å². The number of nitrogens with zero attached hydrogens (tertiary/aromatic N) is 5. The lowest BCUT2D eigenvalue weighted by atomic mass is 10.1. The minimum absolute atomic E-state index is 0.257. The highest BCUT2D eigenvalue weighted by Crippen LogP contribution is 2.30. The maximum atomic E-state index is 6.05. The Morgan fingerprint density at radius 2 is 1.95 bits per heavy atom. The van der Waals surface area contributed by atoms with Crippen molar-refractivity contribution in [3.05, 3.63) is 78.5 Å². The van der Waals surface area contributed by atoms with Crippen LogP contribution >= 0.6 is 0 Å². The molecule has 2 aromatic carbocycles. The molecule has 4 heterocycles. The topological polar surface area (TPSA) is 103 Å². The van der Waals surface area contributed by atoms with E-state index < -0.39 is 0 Å². The van der Waals surface area contributed by atoms with Gasteiger partial charge in [0.05, 0.1) is 35.7 Å². The molecule has 0 saturated heterocycles. The van der Waals surface area contributed by atoms with E-state index in [0.29, 0.717) is 6.61 Å². The van der Waals surface area contributed by atoms with Crippen LogP contribution < -0.4 is 14.8 Å². The molecule has 198 valence electrons. The molecule has 6 aromatic rings. The summed E-state index contributed by atoms with van der Waals surface area (Å²) in [6.07, 6.45) is 7.54. The van der Waals surface area contributed by atoms with Gasteiger partial charge in [-0.05, 0) is 63.1 Å². The largest absolute Gasteiger partial charge is 0.497 e. The number of methoxy groups -OCH3 is 1. The molecule has 0 aliphatic heterocycles. The summed E-state index contributed by atoms with van der Waals surface area (Å²) >= 11 is 0. The van der Waals surface area contributed by atoms with E-state index in [4.69, 9.17) is 9.47 Å². The van der Waals surface area contributed by atoms with Gasteiger partial charge in [0, 0.05) is 52.7 Å². The molecule has 39 heavy (non-hydrogen) atoms. The second kappa shape index (κ2) is 10.6. The number of aromatic amines is 1. The molecule has 0 saturated carbocycles. The lowest BCUT2D eigenvalue weighted by molar-refractivity contribution is 0.301. The number of benzene rings is 2. The Bertz CT molecular complexity index is 1760. The first kappa shape index (κ1) is 24.7. The zero-order valence-electron chi connectivity index (χ0n) is 22.3. The number of nitrogens with one attached hydrogen (secondary N) is 2. The maximum absolute atomic E-state index is 6.05. The van der Waals surface area contributed by atoms with Gasteiger partial charge in [0.2, 0.25) is 0 Å². The third-order valence-electron chi connectivity index (χ3n) is 6.99. The van der Waals surface area contributed by atoms with Crippen molar-refractivity contribution in [3.63, 3.8) is 0 Å². The lowest BCUT2D eigenvalue weighted by Crippen LogP contribution is -2.16. The summed E-state index contributed by atoms with van der Waals surface area (Å²) in [7, 11) is 1.68. The van der Waals surface area contributed by atoms with Gasteiger partial charge in [-0.2, -0.15) is 0 Å². The minimum atomic E-state index is 0.257. The SMILES string of the molecule is COc1cc(NC(C)CCCn2cc(COc3ccc4[nH]c5c(C)nccc5c4c3)nn2)c2ncccc2c1. The highest BCUT2D eigenvalue weighted by atomic mass is 16.5. The highest BCUT2D eigenvalue weighted by Gasteiger charge is 2.11. The second-order valence-electron chi connectivity index (χ2n) is 9.85. The van der Waals surface area contributed by atoms with Gasteiger partial charge >= 0.3 is 0 Å². The summed E-state index contributed by atoms with van der Waals surface area (Å²) in [4.78, 5) is 12.4. The van der Waals surface area contributed by atoms with Crippen LogP contribution in [-0.4, -0.2) is 43.1 Å². The fraction of sp³-hybridized carbons (Fsp3) is 0.267. The Hall–Kier alpha value is -4.66. The molecule has 1 atom stereocenters. The van der Waals surface area contributed by atoms with Gasteiger partial charge in [0.15, 0.2) is 0 Å². The molecule has 0 fully saturated rings. The Kier molecular flexibility index (Phi) is 6.71. The quantitative estimate of drug-likeness (QED) is 0.227. The molecule has 9 nitrogen and oxygen atoms in total. The molecule has 1 unspecified atom stereocenters. The van der Waals surface area contributed by atoms with Crippen molar-refractivity contribution in [3.8, 4) is 11.5 Å². The van der Waals surface area contributed by atoms with Crippen LogP contribution in [0.15, 0.2) is 67.1 Å². The van der Waals surface area contributed by atoms with E-state index in [1.54, 1.807) is 7.11 Å². The van der Waals surface area contributed by atoms with E-state index in [0.717, 1.165) is 80.7 Å². The van der Waals surface area contributed by atoms with Gasteiger partial charge in [-0.15, -0.1) is 5.10 Å². The van der Waals surface area contributed by atoms with Crippen LogP contribution in [0.3, 0.4) is 0 Å². The van der Waals surface area contributed by atoms with Crippen LogP contribution in [0.25, 0.3) is 32.7 Å². The molecular weight excluding hydrogens is 490 g/mol. The first-order chi connectivity index (χ1) is 19.1. The highest BCUT2D eigenvalue weighted by molar-refractivity contribution is 6.08. The van der Waals surface area contributed by atoms with Crippen molar-refractivity contribution in [2.75, 3.05) is 12.4 Å². The molecule has 0 radical (unpaired) electrons. The molecule has 0 amide bonds. The van der Waals surface area contributed by atoms with Crippen molar-refractivity contribution >= 4 is 38.4 Å². The number of pyridine rings is 2. The standard InChI is InChI=1S/C30H31N7O2/c1-19(33-28-16-24(38-3)14-21-7-4-11-32-30(21)28)6-5-13-37-17-22(35-36-37)18-39-23-8-9-27-26(15-23)25-10-12-31-20(2)29(25)34-27/h4,7-12,14-17,19,33-34H,5-6,13,18H2,1-3H3. The zero-order valence-corrected chi connectivity index (χ0v) is 22.3. The number of aryl methyl sites for hydroxylation is 2. The van der Waals surface area contributed by atoms with Crippen LogP contribution in [0.2, 0.25) is 0 Å². The van der Waals surface area contributed by atoms with Crippen LogP contribution in [0.5, 0.6) is 11.5 Å².